The quantitative estimate of drug-likeness (QED) is 0.455. The number of carbonyl (C=O) groups excluding carboxylic acids is 1. The van der Waals surface area contributed by atoms with Crippen LogP contribution in [-0.2, 0) is 11.3 Å². The fourth-order valence-electron chi connectivity index (χ4n) is 2.87. The largest absolute Gasteiger partial charge is 0.453 e. The van der Waals surface area contributed by atoms with Crippen LogP contribution >= 0.6 is 35.0 Å². The predicted molar refractivity (Wildman–Crippen MR) is 118 cm³/mol. The lowest BCUT2D eigenvalue weighted by atomic mass is 10.1. The van der Waals surface area contributed by atoms with Gasteiger partial charge in [0.2, 0.25) is 0 Å². The first-order valence-electron chi connectivity index (χ1n) is 8.98. The molecular weight excluding hydrogens is 429 g/mol. The van der Waals surface area contributed by atoms with E-state index < -0.39 is 6.09 Å². The summed E-state index contributed by atoms with van der Waals surface area (Å²) in [5.41, 5.74) is 2.16. The first-order valence-corrected chi connectivity index (χ1v) is 10.6. The Bertz CT molecular complexity index is 986. The van der Waals surface area contributed by atoms with Gasteiger partial charge >= 0.3 is 6.09 Å². The zero-order valence-electron chi connectivity index (χ0n) is 16.3. The fourth-order valence-corrected chi connectivity index (χ4v) is 4.80. The minimum Gasteiger partial charge on any atom is -0.453 e. The molecule has 5 nitrogen and oxygen atoms in total. The maximum Gasteiger partial charge on any atom is 0.412 e. The van der Waals surface area contributed by atoms with Crippen LogP contribution in [-0.4, -0.2) is 22.8 Å². The second kappa shape index (κ2) is 9.57. The maximum atomic E-state index is 11.9. The second-order valence-electron chi connectivity index (χ2n) is 6.71. The van der Waals surface area contributed by atoms with Gasteiger partial charge in [-0.2, -0.15) is 0 Å². The Kier molecular flexibility index (Phi) is 7.11. The van der Waals surface area contributed by atoms with Crippen LogP contribution < -0.4 is 5.32 Å². The van der Waals surface area contributed by atoms with Crippen molar-refractivity contribution in [2.45, 2.75) is 36.2 Å². The number of amides is 1. The molecule has 2 heterocycles. The molecule has 0 aliphatic rings. The molecule has 0 saturated carbocycles. The molecule has 3 rings (SSSR count). The lowest BCUT2D eigenvalue weighted by Crippen LogP contribution is -2.15. The molecule has 1 N–H and O–H groups in total. The number of nitrogens with one attached hydrogen (secondary N) is 1. The van der Waals surface area contributed by atoms with Gasteiger partial charge in [0.15, 0.2) is 0 Å². The molecule has 0 unspecified atom stereocenters. The number of nitrogens with zero attached hydrogens (tertiary/aromatic N) is 2. The van der Waals surface area contributed by atoms with Gasteiger partial charge in [0.1, 0.15) is 5.82 Å². The molecule has 0 atom stereocenters. The molecule has 0 aliphatic heterocycles. The Balaban J connectivity index is 2.10. The summed E-state index contributed by atoms with van der Waals surface area (Å²) in [5.74, 6) is 0.900. The summed E-state index contributed by atoms with van der Waals surface area (Å²) < 4.78 is 6.86. The Morgan fingerprint density at radius 3 is 2.41 bits per heavy atom. The Morgan fingerprint density at radius 2 is 1.83 bits per heavy atom. The SMILES string of the molecule is COC(=O)Nc1cc(C(C)C)c(Sc2cc(Cl)cc(Cl)c2)n1Cc1ccncc1. The van der Waals surface area contributed by atoms with Gasteiger partial charge in [-0.15, -0.1) is 0 Å². The number of ether oxygens (including phenoxy) is 1. The number of carbonyl (C=O) groups is 1. The molecule has 0 radical (unpaired) electrons. The summed E-state index contributed by atoms with van der Waals surface area (Å²) in [6, 6.07) is 11.3. The van der Waals surface area contributed by atoms with Crippen LogP contribution in [0.25, 0.3) is 0 Å². The number of hydrogen-bond acceptors (Lipinski definition) is 4. The molecule has 3 aromatic rings. The van der Waals surface area contributed by atoms with Gasteiger partial charge in [-0.1, -0.05) is 48.8 Å². The van der Waals surface area contributed by atoms with Crippen molar-refractivity contribution in [1.82, 2.24) is 9.55 Å². The normalized spacial score (nSPS) is 11.0. The molecule has 1 aromatic carbocycles. The molecule has 2 aromatic heterocycles. The van der Waals surface area contributed by atoms with Crippen LogP contribution in [0, 0.1) is 0 Å². The van der Waals surface area contributed by atoms with Gasteiger partial charge in [0.05, 0.1) is 18.7 Å². The predicted octanol–water partition coefficient (Wildman–Crippen LogP) is 6.69. The molecular formula is C21H21Cl2N3O2S. The van der Waals surface area contributed by atoms with E-state index in [1.165, 1.54) is 7.11 Å². The van der Waals surface area contributed by atoms with E-state index in [2.05, 4.69) is 28.7 Å². The van der Waals surface area contributed by atoms with Gasteiger partial charge in [0.25, 0.3) is 0 Å². The molecule has 8 heteroatoms. The van der Waals surface area contributed by atoms with E-state index in [1.54, 1.807) is 30.2 Å². The van der Waals surface area contributed by atoms with Crippen LogP contribution in [0.2, 0.25) is 10.0 Å². The molecule has 0 bridgehead atoms. The minimum absolute atomic E-state index is 0.240. The Morgan fingerprint density at radius 1 is 1.17 bits per heavy atom. The topological polar surface area (TPSA) is 56.1 Å². The third-order valence-electron chi connectivity index (χ3n) is 4.25. The number of hydrogen-bond donors (Lipinski definition) is 1. The average molecular weight is 450 g/mol. The van der Waals surface area contributed by atoms with Crippen LogP contribution in [0.1, 0.15) is 30.9 Å². The van der Waals surface area contributed by atoms with Crippen molar-refractivity contribution in [3.05, 3.63) is 70.0 Å². The number of benzene rings is 1. The van der Waals surface area contributed by atoms with Crippen molar-refractivity contribution in [3.8, 4) is 0 Å². The molecule has 152 valence electrons. The highest BCUT2D eigenvalue weighted by Crippen LogP contribution is 2.40. The number of aromatic nitrogens is 2. The van der Waals surface area contributed by atoms with E-state index in [4.69, 9.17) is 27.9 Å². The highest BCUT2D eigenvalue weighted by Gasteiger charge is 2.20. The molecule has 0 fully saturated rings. The molecule has 0 aliphatic carbocycles. The molecule has 0 spiro atoms. The summed E-state index contributed by atoms with van der Waals surface area (Å²) in [5, 5.41) is 4.98. The van der Waals surface area contributed by atoms with Gasteiger partial charge in [-0.05, 0) is 53.4 Å². The minimum atomic E-state index is -0.517. The third-order valence-corrected chi connectivity index (χ3v) is 5.81. The third kappa shape index (κ3) is 5.47. The van der Waals surface area contributed by atoms with Crippen molar-refractivity contribution < 1.29 is 9.53 Å². The highest BCUT2D eigenvalue weighted by molar-refractivity contribution is 7.99. The molecule has 1 amide bonds. The number of halogens is 2. The van der Waals surface area contributed by atoms with E-state index in [1.807, 2.05) is 30.3 Å². The molecule has 0 saturated heterocycles. The zero-order chi connectivity index (χ0) is 21.0. The van der Waals surface area contributed by atoms with Crippen LogP contribution in [0.15, 0.2) is 58.7 Å². The Labute approximate surface area is 184 Å². The number of methoxy groups -OCH3 is 1. The maximum absolute atomic E-state index is 11.9. The number of anilines is 1. The lowest BCUT2D eigenvalue weighted by molar-refractivity contribution is 0.186. The summed E-state index contributed by atoms with van der Waals surface area (Å²) in [6.07, 6.45) is 2.98. The van der Waals surface area contributed by atoms with E-state index in [9.17, 15) is 4.79 Å². The summed E-state index contributed by atoms with van der Waals surface area (Å²) in [4.78, 5) is 16.9. The van der Waals surface area contributed by atoms with Crippen LogP contribution in [0.5, 0.6) is 0 Å². The summed E-state index contributed by atoms with van der Waals surface area (Å²) in [7, 11) is 1.35. The zero-order valence-corrected chi connectivity index (χ0v) is 18.6. The van der Waals surface area contributed by atoms with Gasteiger partial charge < -0.3 is 9.30 Å². The van der Waals surface area contributed by atoms with Crippen LogP contribution in [0.3, 0.4) is 0 Å². The van der Waals surface area contributed by atoms with E-state index in [0.29, 0.717) is 22.4 Å². The van der Waals surface area contributed by atoms with Crippen molar-refractivity contribution in [1.29, 1.82) is 0 Å². The fraction of sp³-hybridized carbons (Fsp3) is 0.238. The summed E-state index contributed by atoms with van der Waals surface area (Å²) in [6.45, 7) is 4.79. The van der Waals surface area contributed by atoms with E-state index in [-0.39, 0.29) is 5.92 Å². The monoisotopic (exact) mass is 449 g/mol. The van der Waals surface area contributed by atoms with Gasteiger partial charge in [-0.25, -0.2) is 4.79 Å². The van der Waals surface area contributed by atoms with Crippen LogP contribution in [0.4, 0.5) is 10.6 Å². The Hall–Kier alpha value is -2.15. The van der Waals surface area contributed by atoms with Crippen molar-refractivity contribution in [3.63, 3.8) is 0 Å². The van der Waals surface area contributed by atoms with Crippen molar-refractivity contribution in [2.75, 3.05) is 12.4 Å². The van der Waals surface area contributed by atoms with Gasteiger partial charge in [0, 0.05) is 27.3 Å². The standard InChI is InChI=1S/C21H21Cl2N3O2S/c1-13(2)18-11-19(25-21(27)28-3)26(12-14-4-6-24-7-5-14)20(18)29-17-9-15(22)8-16(23)10-17/h4-11,13H,12H2,1-3H3,(H,25,27). The first-order chi connectivity index (χ1) is 13.9. The number of rotatable bonds is 6. The van der Waals surface area contributed by atoms with Crippen molar-refractivity contribution in [2.24, 2.45) is 0 Å². The highest BCUT2D eigenvalue weighted by atomic mass is 35.5. The van der Waals surface area contributed by atoms with E-state index in [0.717, 1.165) is 21.0 Å². The van der Waals surface area contributed by atoms with E-state index >= 15 is 0 Å². The average Bonchev–Trinajstić information content (AvgIpc) is 2.99. The summed E-state index contributed by atoms with van der Waals surface area (Å²) >= 11 is 14.0. The first kappa shape index (κ1) is 21.6. The lowest BCUT2D eigenvalue weighted by Gasteiger charge is -2.15. The van der Waals surface area contributed by atoms with Gasteiger partial charge in [-0.3, -0.25) is 10.3 Å². The second-order valence-corrected chi connectivity index (χ2v) is 8.65. The number of pyridine rings is 1. The van der Waals surface area contributed by atoms with Crippen molar-refractivity contribution >= 4 is 46.9 Å². The molecule has 29 heavy (non-hydrogen) atoms. The smallest absolute Gasteiger partial charge is 0.412 e.